The predicted molar refractivity (Wildman–Crippen MR) is 85.4 cm³/mol. The van der Waals surface area contributed by atoms with E-state index in [9.17, 15) is 4.79 Å². The van der Waals surface area contributed by atoms with Crippen molar-refractivity contribution in [3.8, 4) is 5.75 Å². The zero-order chi connectivity index (χ0) is 14.3. The van der Waals surface area contributed by atoms with Crippen LogP contribution in [0.15, 0.2) is 23.6 Å². The highest BCUT2D eigenvalue weighted by Crippen LogP contribution is 2.44. The van der Waals surface area contributed by atoms with Crippen LogP contribution in [0.1, 0.15) is 20.8 Å². The van der Waals surface area contributed by atoms with Crippen molar-refractivity contribution < 1.29 is 9.53 Å². The highest BCUT2D eigenvalue weighted by atomic mass is 79.9. The second-order valence-corrected chi connectivity index (χ2v) is 6.74. The number of thiophene rings is 1. The highest BCUT2D eigenvalue weighted by Gasteiger charge is 2.24. The molecule has 0 fully saturated rings. The molecule has 1 atom stereocenters. The Morgan fingerprint density at radius 3 is 3.05 bits per heavy atom. The Balaban J connectivity index is 2.03. The fourth-order valence-electron chi connectivity index (χ4n) is 2.27. The third kappa shape index (κ3) is 2.34. The first-order chi connectivity index (χ1) is 9.60. The number of hydrogen-bond donors (Lipinski definition) is 1. The first-order valence-electron chi connectivity index (χ1n) is 5.97. The van der Waals surface area contributed by atoms with Crippen molar-refractivity contribution in [3.05, 3.63) is 44.6 Å². The van der Waals surface area contributed by atoms with Crippen LogP contribution in [-0.2, 0) is 11.2 Å². The van der Waals surface area contributed by atoms with Gasteiger partial charge in [-0.25, -0.2) is 0 Å². The van der Waals surface area contributed by atoms with Gasteiger partial charge in [0.15, 0.2) is 0 Å². The average Bonchev–Trinajstić information content (AvgIpc) is 3.01. The van der Waals surface area contributed by atoms with Gasteiger partial charge in [0.2, 0.25) is 5.91 Å². The van der Waals surface area contributed by atoms with E-state index < -0.39 is 0 Å². The van der Waals surface area contributed by atoms with Crippen LogP contribution >= 0.6 is 38.9 Å². The number of halogens is 2. The van der Waals surface area contributed by atoms with Crippen LogP contribution in [0.25, 0.3) is 0 Å². The summed E-state index contributed by atoms with van der Waals surface area (Å²) in [6.45, 7) is 0. The van der Waals surface area contributed by atoms with E-state index in [1.807, 2.05) is 23.6 Å². The summed E-state index contributed by atoms with van der Waals surface area (Å²) in [7, 11) is 1.65. The molecule has 0 spiro atoms. The molecular weight excluding hydrogens is 362 g/mol. The third-order valence-corrected chi connectivity index (χ3v) is 5.77. The molecule has 0 bridgehead atoms. The van der Waals surface area contributed by atoms with Crippen molar-refractivity contribution in [1.29, 1.82) is 0 Å². The molecule has 1 aromatic heterocycles. The largest absolute Gasteiger partial charge is 0.496 e. The molecule has 1 aliphatic rings. The van der Waals surface area contributed by atoms with Gasteiger partial charge in [-0.1, -0.05) is 33.6 Å². The van der Waals surface area contributed by atoms with Gasteiger partial charge in [0, 0.05) is 10.7 Å². The van der Waals surface area contributed by atoms with Gasteiger partial charge in [0.1, 0.15) is 5.75 Å². The number of rotatable bonds is 3. The van der Waals surface area contributed by atoms with E-state index in [1.54, 1.807) is 18.4 Å². The summed E-state index contributed by atoms with van der Waals surface area (Å²) in [4.78, 5) is 12.4. The van der Waals surface area contributed by atoms with Gasteiger partial charge in [-0.05, 0) is 28.6 Å². The Morgan fingerprint density at radius 2 is 2.30 bits per heavy atom. The summed E-state index contributed by atoms with van der Waals surface area (Å²) in [6, 6.07) is 5.72. The fourth-order valence-corrected chi connectivity index (χ4v) is 4.45. The second-order valence-electron chi connectivity index (χ2n) is 4.47. The Hall–Kier alpha value is -1.04. The van der Waals surface area contributed by atoms with Gasteiger partial charge in [0.25, 0.3) is 0 Å². The first kappa shape index (κ1) is 13.9. The molecule has 1 N–H and O–H groups in total. The van der Waals surface area contributed by atoms with E-state index in [2.05, 4.69) is 21.2 Å². The van der Waals surface area contributed by atoms with E-state index >= 15 is 0 Å². The van der Waals surface area contributed by atoms with Gasteiger partial charge < -0.3 is 10.1 Å². The number of hydrogen-bond acceptors (Lipinski definition) is 3. The molecule has 1 aromatic carbocycles. The molecular formula is C14H11BrClNO2S. The second kappa shape index (κ2) is 5.39. The number of alkyl halides is 1. The number of carbonyl (C=O) groups excluding carboxylic acids is 1. The van der Waals surface area contributed by atoms with E-state index in [0.717, 1.165) is 27.4 Å². The molecule has 2 aromatic rings. The third-order valence-electron chi connectivity index (χ3n) is 3.23. The molecule has 0 aliphatic carbocycles. The molecule has 0 radical (unpaired) electrons. The van der Waals surface area contributed by atoms with Crippen molar-refractivity contribution in [3.63, 3.8) is 0 Å². The normalized spacial score (nSPS) is 14.8. The maximum absolute atomic E-state index is 11.4. The van der Waals surface area contributed by atoms with Crippen LogP contribution in [0, 0.1) is 0 Å². The molecule has 3 rings (SSSR count). The molecule has 0 saturated heterocycles. The highest BCUT2D eigenvalue weighted by molar-refractivity contribution is 9.09. The van der Waals surface area contributed by atoms with E-state index in [-0.39, 0.29) is 10.7 Å². The number of amides is 1. The van der Waals surface area contributed by atoms with Crippen molar-refractivity contribution in [2.45, 2.75) is 11.2 Å². The summed E-state index contributed by atoms with van der Waals surface area (Å²) >= 11 is 11.6. The fraction of sp³-hybridized carbons (Fsp3) is 0.214. The molecule has 20 heavy (non-hydrogen) atoms. The topological polar surface area (TPSA) is 38.3 Å². The lowest BCUT2D eigenvalue weighted by Crippen LogP contribution is -2.03. The van der Waals surface area contributed by atoms with Crippen molar-refractivity contribution >= 4 is 50.5 Å². The van der Waals surface area contributed by atoms with Crippen LogP contribution in [0.4, 0.5) is 5.69 Å². The van der Waals surface area contributed by atoms with Crippen LogP contribution in [0.3, 0.4) is 0 Å². The molecule has 6 heteroatoms. The van der Waals surface area contributed by atoms with Crippen molar-refractivity contribution in [1.82, 2.24) is 0 Å². The van der Waals surface area contributed by atoms with E-state index in [0.29, 0.717) is 11.4 Å². The lowest BCUT2D eigenvalue weighted by molar-refractivity contribution is -0.115. The molecule has 3 nitrogen and oxygen atoms in total. The Kier molecular flexibility index (Phi) is 3.75. The number of methoxy groups -OCH3 is 1. The van der Waals surface area contributed by atoms with Gasteiger partial charge in [-0.3, -0.25) is 4.79 Å². The maximum Gasteiger partial charge on any atom is 0.228 e. The van der Waals surface area contributed by atoms with Crippen LogP contribution in [0.2, 0.25) is 5.02 Å². The summed E-state index contributed by atoms with van der Waals surface area (Å²) in [5.74, 6) is 0.843. The van der Waals surface area contributed by atoms with Gasteiger partial charge in [0.05, 0.1) is 23.2 Å². The quantitative estimate of drug-likeness (QED) is 0.812. The molecule has 104 valence electrons. The molecule has 1 unspecified atom stereocenters. The van der Waals surface area contributed by atoms with Gasteiger partial charge >= 0.3 is 0 Å². The Bertz CT molecular complexity index is 686. The van der Waals surface area contributed by atoms with Crippen LogP contribution in [0.5, 0.6) is 5.75 Å². The first-order valence-corrected chi connectivity index (χ1v) is 8.15. The Labute approximate surface area is 134 Å². The minimum atomic E-state index is -0.0500. The Morgan fingerprint density at radius 1 is 1.50 bits per heavy atom. The zero-order valence-electron chi connectivity index (χ0n) is 10.6. The summed E-state index contributed by atoms with van der Waals surface area (Å²) < 4.78 is 5.35. The number of fused-ring (bicyclic) bond motifs is 1. The molecule has 0 saturated carbocycles. The van der Waals surface area contributed by atoms with Crippen LogP contribution < -0.4 is 10.1 Å². The van der Waals surface area contributed by atoms with E-state index in [4.69, 9.17) is 16.3 Å². The number of anilines is 1. The van der Waals surface area contributed by atoms with Crippen molar-refractivity contribution in [2.75, 3.05) is 12.4 Å². The summed E-state index contributed by atoms with van der Waals surface area (Å²) in [6.07, 6.45) is 0.404. The number of nitrogens with one attached hydrogen (secondary N) is 1. The zero-order valence-corrected chi connectivity index (χ0v) is 13.7. The van der Waals surface area contributed by atoms with Gasteiger partial charge in [-0.15, -0.1) is 11.3 Å². The van der Waals surface area contributed by atoms with Gasteiger partial charge in [-0.2, -0.15) is 0 Å². The standard InChI is InChI=1S/C14H11BrClNO2S/c1-19-11-2-3-20-14(11)13(15)8-4-7-5-12(18)17-10(7)6-9(8)16/h2-4,6,13H,5H2,1H3,(H,17,18). The molecule has 1 aliphatic heterocycles. The maximum atomic E-state index is 11.4. The number of benzene rings is 1. The SMILES string of the molecule is COc1ccsc1C(Br)c1cc2c(cc1Cl)NC(=O)C2. The summed E-state index contributed by atoms with van der Waals surface area (Å²) in [5.41, 5.74) is 2.73. The minimum absolute atomic E-state index is 0.00745. The predicted octanol–water partition coefficient (Wildman–Crippen LogP) is 4.39. The molecule has 1 amide bonds. The number of ether oxygens (including phenoxy) is 1. The summed E-state index contributed by atoms with van der Waals surface area (Å²) in [5, 5.41) is 5.41. The smallest absolute Gasteiger partial charge is 0.228 e. The lowest BCUT2D eigenvalue weighted by atomic mass is 10.0. The van der Waals surface area contributed by atoms with Crippen LogP contribution in [-0.4, -0.2) is 13.0 Å². The van der Waals surface area contributed by atoms with E-state index in [1.165, 1.54) is 0 Å². The monoisotopic (exact) mass is 371 g/mol. The van der Waals surface area contributed by atoms with Crippen molar-refractivity contribution in [2.24, 2.45) is 0 Å². The molecule has 2 heterocycles. The average molecular weight is 373 g/mol. The number of carbonyl (C=O) groups is 1. The minimum Gasteiger partial charge on any atom is -0.496 e. The lowest BCUT2D eigenvalue weighted by Gasteiger charge is -2.14.